The molecule has 2 aromatic rings. The maximum Gasteiger partial charge on any atom is 0.138 e. The molecule has 0 fully saturated rings. The fourth-order valence-electron chi connectivity index (χ4n) is 1.61. The summed E-state index contributed by atoms with van der Waals surface area (Å²) in [5.41, 5.74) is 0.978. The second-order valence-corrected chi connectivity index (χ2v) is 5.40. The van der Waals surface area contributed by atoms with Crippen molar-refractivity contribution >= 4 is 28.8 Å². The van der Waals surface area contributed by atoms with E-state index in [2.05, 4.69) is 40.6 Å². The molecule has 2 rings (SSSR count). The van der Waals surface area contributed by atoms with Gasteiger partial charge in [-0.1, -0.05) is 31.5 Å². The molecule has 0 aliphatic heterocycles. The molecule has 0 saturated heterocycles. The van der Waals surface area contributed by atoms with Gasteiger partial charge in [0.25, 0.3) is 0 Å². The summed E-state index contributed by atoms with van der Waals surface area (Å²) in [6, 6.07) is 4.13. The van der Waals surface area contributed by atoms with Crippen molar-refractivity contribution in [3.05, 3.63) is 39.4 Å². The van der Waals surface area contributed by atoms with Crippen LogP contribution in [0.15, 0.2) is 23.8 Å². The van der Waals surface area contributed by atoms with E-state index in [9.17, 15) is 0 Å². The first kappa shape index (κ1) is 12.3. The highest BCUT2D eigenvalue weighted by molar-refractivity contribution is 7.09. The molecule has 5 heteroatoms. The minimum atomic E-state index is 0.300. The maximum atomic E-state index is 6.10. The Kier molecular flexibility index (Phi) is 3.97. The topological polar surface area (TPSA) is 37.8 Å². The summed E-state index contributed by atoms with van der Waals surface area (Å²) < 4.78 is 0. The van der Waals surface area contributed by atoms with E-state index in [0.717, 1.165) is 17.9 Å². The highest BCUT2D eigenvalue weighted by Gasteiger charge is 2.13. The molecular formula is C12H14ClN3S. The third-order valence-corrected chi connectivity index (χ3v) is 3.60. The first-order valence-corrected chi connectivity index (χ1v) is 6.71. The van der Waals surface area contributed by atoms with Crippen molar-refractivity contribution in [3.63, 3.8) is 0 Å². The Morgan fingerprint density at radius 1 is 1.41 bits per heavy atom. The van der Waals surface area contributed by atoms with Crippen LogP contribution in [0, 0.1) is 0 Å². The standard InChI is InChI=1S/C12H14ClN3S/c1-8(2)10-11(13)15-7-16-12(10)14-6-9-4-3-5-17-9/h3-5,7-8H,6H2,1-2H3,(H,14,15,16). The second-order valence-electron chi connectivity index (χ2n) is 4.01. The van der Waals surface area contributed by atoms with Gasteiger partial charge in [-0.3, -0.25) is 0 Å². The lowest BCUT2D eigenvalue weighted by Crippen LogP contribution is -2.06. The Hall–Kier alpha value is -1.13. The van der Waals surface area contributed by atoms with Crippen molar-refractivity contribution in [2.24, 2.45) is 0 Å². The van der Waals surface area contributed by atoms with Gasteiger partial charge in [0.05, 0.1) is 6.54 Å². The van der Waals surface area contributed by atoms with Crippen molar-refractivity contribution < 1.29 is 0 Å². The lowest BCUT2D eigenvalue weighted by molar-refractivity contribution is 0.845. The Morgan fingerprint density at radius 3 is 2.88 bits per heavy atom. The SMILES string of the molecule is CC(C)c1c(Cl)ncnc1NCc1cccs1. The first-order chi connectivity index (χ1) is 8.18. The molecule has 0 amide bonds. The van der Waals surface area contributed by atoms with Crippen molar-refractivity contribution in [1.82, 2.24) is 9.97 Å². The summed E-state index contributed by atoms with van der Waals surface area (Å²) in [6.45, 7) is 4.94. The van der Waals surface area contributed by atoms with Crippen LogP contribution in [0.4, 0.5) is 5.82 Å². The van der Waals surface area contributed by atoms with Crippen molar-refractivity contribution in [2.45, 2.75) is 26.3 Å². The number of nitrogens with one attached hydrogen (secondary N) is 1. The lowest BCUT2D eigenvalue weighted by atomic mass is 10.1. The zero-order valence-electron chi connectivity index (χ0n) is 9.77. The average Bonchev–Trinajstić information content (AvgIpc) is 2.78. The molecule has 0 aromatic carbocycles. The van der Waals surface area contributed by atoms with E-state index >= 15 is 0 Å². The molecule has 1 N–H and O–H groups in total. The van der Waals surface area contributed by atoms with Gasteiger partial charge in [-0.25, -0.2) is 9.97 Å². The summed E-state index contributed by atoms with van der Waals surface area (Å²) in [7, 11) is 0. The molecule has 0 saturated carbocycles. The van der Waals surface area contributed by atoms with E-state index in [1.807, 2.05) is 6.07 Å². The molecule has 2 heterocycles. The number of hydrogen-bond acceptors (Lipinski definition) is 4. The number of aromatic nitrogens is 2. The number of anilines is 1. The van der Waals surface area contributed by atoms with E-state index in [-0.39, 0.29) is 0 Å². The van der Waals surface area contributed by atoms with Crippen molar-refractivity contribution in [2.75, 3.05) is 5.32 Å². The smallest absolute Gasteiger partial charge is 0.138 e. The largest absolute Gasteiger partial charge is 0.365 e. The van der Waals surface area contributed by atoms with Crippen LogP contribution in [0.2, 0.25) is 5.15 Å². The molecular weight excluding hydrogens is 254 g/mol. The normalized spacial score (nSPS) is 10.8. The third-order valence-electron chi connectivity index (χ3n) is 2.42. The van der Waals surface area contributed by atoms with Gasteiger partial charge in [-0.2, -0.15) is 0 Å². The molecule has 17 heavy (non-hydrogen) atoms. The maximum absolute atomic E-state index is 6.10. The quantitative estimate of drug-likeness (QED) is 0.853. The first-order valence-electron chi connectivity index (χ1n) is 5.45. The average molecular weight is 268 g/mol. The highest BCUT2D eigenvalue weighted by Crippen LogP contribution is 2.28. The zero-order valence-corrected chi connectivity index (χ0v) is 11.3. The summed E-state index contributed by atoms with van der Waals surface area (Å²) in [6.07, 6.45) is 1.49. The van der Waals surface area contributed by atoms with Gasteiger partial charge in [0.2, 0.25) is 0 Å². The molecule has 90 valence electrons. The van der Waals surface area contributed by atoms with Gasteiger partial charge in [0.15, 0.2) is 0 Å². The molecule has 2 aromatic heterocycles. The van der Waals surface area contributed by atoms with E-state index in [0.29, 0.717) is 11.1 Å². The van der Waals surface area contributed by atoms with E-state index < -0.39 is 0 Å². The number of thiophene rings is 1. The number of rotatable bonds is 4. The van der Waals surface area contributed by atoms with E-state index in [1.54, 1.807) is 11.3 Å². The van der Waals surface area contributed by atoms with Gasteiger partial charge in [0.1, 0.15) is 17.3 Å². The van der Waals surface area contributed by atoms with Crippen molar-refractivity contribution in [3.8, 4) is 0 Å². The summed E-state index contributed by atoms with van der Waals surface area (Å²) in [4.78, 5) is 9.55. The molecule has 3 nitrogen and oxygen atoms in total. The van der Waals surface area contributed by atoms with Gasteiger partial charge in [0, 0.05) is 10.4 Å². The number of nitrogens with zero attached hydrogens (tertiary/aromatic N) is 2. The zero-order chi connectivity index (χ0) is 12.3. The highest BCUT2D eigenvalue weighted by atomic mass is 35.5. The van der Waals surface area contributed by atoms with Crippen LogP contribution in [0.1, 0.15) is 30.2 Å². The summed E-state index contributed by atoms with van der Waals surface area (Å²) in [5.74, 6) is 1.13. The second kappa shape index (κ2) is 5.47. The fourth-order valence-corrected chi connectivity index (χ4v) is 2.61. The molecule has 0 unspecified atom stereocenters. The summed E-state index contributed by atoms with van der Waals surface area (Å²) in [5, 5.41) is 5.91. The number of hydrogen-bond donors (Lipinski definition) is 1. The minimum absolute atomic E-state index is 0.300. The van der Waals surface area contributed by atoms with Crippen molar-refractivity contribution in [1.29, 1.82) is 0 Å². The molecule has 0 bridgehead atoms. The lowest BCUT2D eigenvalue weighted by Gasteiger charge is -2.13. The molecule has 0 aliphatic rings. The predicted octanol–water partition coefficient (Wildman–Crippen LogP) is 3.93. The van der Waals surface area contributed by atoms with E-state index in [4.69, 9.17) is 11.6 Å². The van der Waals surface area contributed by atoms with Crippen LogP contribution in [-0.4, -0.2) is 9.97 Å². The van der Waals surface area contributed by atoms with Crippen LogP contribution in [-0.2, 0) is 6.54 Å². The Labute approximate surface area is 110 Å². The Balaban J connectivity index is 2.18. The van der Waals surface area contributed by atoms with Gasteiger partial charge < -0.3 is 5.32 Å². The van der Waals surface area contributed by atoms with Gasteiger partial charge in [-0.15, -0.1) is 11.3 Å². The molecule has 0 atom stereocenters. The Bertz CT molecular complexity index is 483. The van der Waals surface area contributed by atoms with Crippen LogP contribution >= 0.6 is 22.9 Å². The minimum Gasteiger partial charge on any atom is -0.365 e. The van der Waals surface area contributed by atoms with E-state index in [1.165, 1.54) is 11.2 Å². The molecule has 0 radical (unpaired) electrons. The summed E-state index contributed by atoms with van der Waals surface area (Å²) >= 11 is 7.82. The fraction of sp³-hybridized carbons (Fsp3) is 0.333. The number of halogens is 1. The third kappa shape index (κ3) is 2.96. The predicted molar refractivity (Wildman–Crippen MR) is 72.8 cm³/mol. The van der Waals surface area contributed by atoms with Crippen LogP contribution in [0.3, 0.4) is 0 Å². The van der Waals surface area contributed by atoms with Crippen LogP contribution in [0.25, 0.3) is 0 Å². The molecule has 0 aliphatic carbocycles. The van der Waals surface area contributed by atoms with Crippen LogP contribution < -0.4 is 5.32 Å². The van der Waals surface area contributed by atoms with Gasteiger partial charge in [-0.05, 0) is 17.4 Å². The Morgan fingerprint density at radius 2 is 2.24 bits per heavy atom. The monoisotopic (exact) mass is 267 g/mol. The molecule has 0 spiro atoms. The van der Waals surface area contributed by atoms with Crippen LogP contribution in [0.5, 0.6) is 0 Å². The van der Waals surface area contributed by atoms with Gasteiger partial charge >= 0.3 is 0 Å².